The summed E-state index contributed by atoms with van der Waals surface area (Å²) in [4.78, 5) is 3.35. The van der Waals surface area contributed by atoms with E-state index < -0.39 is 0 Å². The van der Waals surface area contributed by atoms with E-state index in [1.165, 1.54) is 5.56 Å². The smallest absolute Gasteiger partial charge is 0.0459 e. The van der Waals surface area contributed by atoms with Crippen molar-refractivity contribution in [2.75, 3.05) is 0 Å². The van der Waals surface area contributed by atoms with Gasteiger partial charge in [0.25, 0.3) is 0 Å². The van der Waals surface area contributed by atoms with Gasteiger partial charge in [-0.05, 0) is 35.9 Å². The Bertz CT molecular complexity index is 695. The number of halogens is 1. The molecule has 1 nitrogen and oxygen atoms in total. The van der Waals surface area contributed by atoms with Gasteiger partial charge < -0.3 is 4.98 Å². The Labute approximate surface area is 111 Å². The minimum Gasteiger partial charge on any atom is -0.355 e. The highest BCUT2D eigenvalue weighted by Crippen LogP contribution is 2.21. The molecular formula is C16H12ClN. The number of nitrogens with one attached hydrogen (secondary N) is 1. The van der Waals surface area contributed by atoms with Crippen LogP contribution in [0.4, 0.5) is 0 Å². The van der Waals surface area contributed by atoms with Crippen LogP contribution in [-0.4, -0.2) is 4.98 Å². The Kier molecular flexibility index (Phi) is 2.91. The molecule has 18 heavy (non-hydrogen) atoms. The van der Waals surface area contributed by atoms with E-state index in [9.17, 15) is 0 Å². The highest BCUT2D eigenvalue weighted by atomic mass is 35.5. The SMILES string of the molecule is Clc1ccc2[nH]c(/C=C/c3ccccc3)cc2c1. The van der Waals surface area contributed by atoms with Crippen molar-refractivity contribution in [2.45, 2.75) is 0 Å². The first-order valence-electron chi connectivity index (χ1n) is 5.83. The van der Waals surface area contributed by atoms with Crippen LogP contribution in [0.25, 0.3) is 23.1 Å². The molecule has 0 radical (unpaired) electrons. The number of H-pyrrole nitrogens is 1. The number of aromatic amines is 1. The predicted octanol–water partition coefficient (Wildman–Crippen LogP) is 4.99. The first-order valence-corrected chi connectivity index (χ1v) is 6.20. The van der Waals surface area contributed by atoms with E-state index in [2.05, 4.69) is 35.3 Å². The zero-order valence-electron chi connectivity index (χ0n) is 9.73. The molecule has 2 heteroatoms. The van der Waals surface area contributed by atoms with Crippen molar-refractivity contribution < 1.29 is 0 Å². The average Bonchev–Trinajstić information content (AvgIpc) is 2.79. The van der Waals surface area contributed by atoms with Gasteiger partial charge in [-0.3, -0.25) is 0 Å². The van der Waals surface area contributed by atoms with Crippen molar-refractivity contribution in [3.8, 4) is 0 Å². The van der Waals surface area contributed by atoms with Gasteiger partial charge in [-0.2, -0.15) is 0 Å². The molecule has 2 aromatic carbocycles. The van der Waals surface area contributed by atoms with E-state index >= 15 is 0 Å². The van der Waals surface area contributed by atoms with Crippen LogP contribution in [0.2, 0.25) is 5.02 Å². The van der Waals surface area contributed by atoms with Gasteiger partial charge in [0.1, 0.15) is 0 Å². The maximum atomic E-state index is 5.97. The summed E-state index contributed by atoms with van der Waals surface area (Å²) in [6, 6.07) is 18.2. The lowest BCUT2D eigenvalue weighted by Crippen LogP contribution is -1.71. The third kappa shape index (κ3) is 2.31. The van der Waals surface area contributed by atoms with Crippen molar-refractivity contribution in [3.05, 3.63) is 70.9 Å². The summed E-state index contributed by atoms with van der Waals surface area (Å²) >= 11 is 5.97. The first kappa shape index (κ1) is 11.1. The lowest BCUT2D eigenvalue weighted by atomic mass is 10.2. The average molecular weight is 254 g/mol. The molecule has 0 fully saturated rings. The van der Waals surface area contributed by atoms with E-state index in [1.54, 1.807) is 0 Å². The van der Waals surface area contributed by atoms with E-state index in [-0.39, 0.29) is 0 Å². The molecule has 0 aliphatic carbocycles. The standard InChI is InChI=1S/C16H12ClN/c17-14-7-9-16-13(10-14)11-15(18-16)8-6-12-4-2-1-3-5-12/h1-11,18H/b8-6+. The van der Waals surface area contributed by atoms with Crippen LogP contribution in [0.1, 0.15) is 11.3 Å². The van der Waals surface area contributed by atoms with Crippen molar-refractivity contribution >= 4 is 34.7 Å². The molecule has 0 atom stereocenters. The van der Waals surface area contributed by atoms with Gasteiger partial charge in [0.15, 0.2) is 0 Å². The fourth-order valence-electron chi connectivity index (χ4n) is 1.97. The molecule has 0 aliphatic rings. The zero-order chi connectivity index (χ0) is 12.4. The molecule has 0 spiro atoms. The molecule has 1 aromatic heterocycles. The van der Waals surface area contributed by atoms with Gasteiger partial charge in [-0.25, -0.2) is 0 Å². The largest absolute Gasteiger partial charge is 0.355 e. The van der Waals surface area contributed by atoms with Crippen LogP contribution in [0, 0.1) is 0 Å². The maximum absolute atomic E-state index is 5.97. The first-order chi connectivity index (χ1) is 8.81. The lowest BCUT2D eigenvalue weighted by molar-refractivity contribution is 1.43. The van der Waals surface area contributed by atoms with E-state index in [1.807, 2.05) is 36.4 Å². The van der Waals surface area contributed by atoms with Crippen LogP contribution in [0.15, 0.2) is 54.6 Å². The highest BCUT2D eigenvalue weighted by Gasteiger charge is 1.98. The number of hydrogen-bond acceptors (Lipinski definition) is 0. The molecule has 0 aliphatic heterocycles. The normalized spacial score (nSPS) is 11.4. The summed E-state index contributed by atoms with van der Waals surface area (Å²) in [6.45, 7) is 0. The molecule has 0 amide bonds. The van der Waals surface area contributed by atoms with Crippen LogP contribution in [0.5, 0.6) is 0 Å². The van der Waals surface area contributed by atoms with Gasteiger partial charge in [0, 0.05) is 21.6 Å². The molecule has 1 N–H and O–H groups in total. The number of fused-ring (bicyclic) bond motifs is 1. The van der Waals surface area contributed by atoms with Crippen molar-refractivity contribution in [3.63, 3.8) is 0 Å². The Morgan fingerprint density at radius 2 is 1.72 bits per heavy atom. The second-order valence-electron chi connectivity index (χ2n) is 4.20. The monoisotopic (exact) mass is 253 g/mol. The summed E-state index contributed by atoms with van der Waals surface area (Å²) in [7, 11) is 0. The fourth-order valence-corrected chi connectivity index (χ4v) is 2.15. The van der Waals surface area contributed by atoms with Gasteiger partial charge in [0.2, 0.25) is 0 Å². The molecule has 0 saturated heterocycles. The molecule has 0 bridgehead atoms. The summed E-state index contributed by atoms with van der Waals surface area (Å²) in [6.07, 6.45) is 4.16. The quantitative estimate of drug-likeness (QED) is 0.662. The summed E-state index contributed by atoms with van der Waals surface area (Å²) in [5, 5.41) is 1.90. The summed E-state index contributed by atoms with van der Waals surface area (Å²) < 4.78 is 0. The van der Waals surface area contributed by atoms with Gasteiger partial charge >= 0.3 is 0 Å². The highest BCUT2D eigenvalue weighted by molar-refractivity contribution is 6.31. The predicted molar refractivity (Wildman–Crippen MR) is 78.7 cm³/mol. The topological polar surface area (TPSA) is 15.8 Å². The second-order valence-corrected chi connectivity index (χ2v) is 4.64. The zero-order valence-corrected chi connectivity index (χ0v) is 10.5. The number of benzene rings is 2. The van der Waals surface area contributed by atoms with Gasteiger partial charge in [0.05, 0.1) is 0 Å². The minimum absolute atomic E-state index is 0.764. The van der Waals surface area contributed by atoms with Gasteiger partial charge in [-0.1, -0.05) is 48.0 Å². The fraction of sp³-hybridized carbons (Fsp3) is 0. The molecule has 3 aromatic rings. The Hall–Kier alpha value is -1.99. The maximum Gasteiger partial charge on any atom is 0.0459 e. The Morgan fingerprint density at radius 1 is 0.889 bits per heavy atom. The van der Waals surface area contributed by atoms with E-state index in [4.69, 9.17) is 11.6 Å². The summed E-state index contributed by atoms with van der Waals surface area (Å²) in [5.74, 6) is 0. The van der Waals surface area contributed by atoms with E-state index in [0.29, 0.717) is 0 Å². The van der Waals surface area contributed by atoms with E-state index in [0.717, 1.165) is 21.6 Å². The molecule has 88 valence electrons. The minimum atomic E-state index is 0.764. The molecule has 0 saturated carbocycles. The molecule has 0 unspecified atom stereocenters. The van der Waals surface area contributed by atoms with Crippen molar-refractivity contribution in [1.82, 2.24) is 4.98 Å². The molecule has 3 rings (SSSR count). The van der Waals surface area contributed by atoms with Gasteiger partial charge in [-0.15, -0.1) is 0 Å². The number of hydrogen-bond donors (Lipinski definition) is 1. The van der Waals surface area contributed by atoms with Crippen LogP contribution in [-0.2, 0) is 0 Å². The number of aromatic nitrogens is 1. The van der Waals surface area contributed by atoms with Crippen LogP contribution in [0.3, 0.4) is 0 Å². The van der Waals surface area contributed by atoms with Crippen LogP contribution < -0.4 is 0 Å². The summed E-state index contributed by atoms with van der Waals surface area (Å²) in [5.41, 5.74) is 3.37. The van der Waals surface area contributed by atoms with Crippen molar-refractivity contribution in [1.29, 1.82) is 0 Å². The third-order valence-electron chi connectivity index (χ3n) is 2.86. The van der Waals surface area contributed by atoms with Crippen molar-refractivity contribution in [2.24, 2.45) is 0 Å². The second kappa shape index (κ2) is 4.71. The molecular weight excluding hydrogens is 242 g/mol. The lowest BCUT2D eigenvalue weighted by Gasteiger charge is -1.90. The van der Waals surface area contributed by atoms with Crippen LogP contribution >= 0.6 is 11.6 Å². The molecule has 1 heterocycles. The number of rotatable bonds is 2. The Morgan fingerprint density at radius 3 is 2.56 bits per heavy atom. The Balaban J connectivity index is 1.93. The third-order valence-corrected chi connectivity index (χ3v) is 3.09.